The van der Waals surface area contributed by atoms with Crippen LogP contribution in [0.4, 0.5) is 36.4 Å². The molecule has 0 radical (unpaired) electrons. The van der Waals surface area contributed by atoms with Crippen LogP contribution in [-0.4, -0.2) is 34.4 Å². The molecular weight excluding hydrogens is 577 g/mol. The van der Waals surface area contributed by atoms with E-state index in [9.17, 15) is 30.7 Å². The number of nitrogens with two attached hydrogens (primary N) is 1. The first-order valence-corrected chi connectivity index (χ1v) is 13.2. The Bertz CT molecular complexity index is 1510. The molecular formula is C30H29F7N6. The Balaban J connectivity index is 1.90. The molecule has 2 heterocycles. The van der Waals surface area contributed by atoms with E-state index in [2.05, 4.69) is 16.0 Å². The average Bonchev–Trinajstić information content (AvgIpc) is 3.08. The number of fused-ring (bicyclic) bond motifs is 1. The largest absolute Gasteiger partial charge is 0.416 e. The minimum atomic E-state index is -4.81. The molecule has 2 aromatic carbocycles. The zero-order chi connectivity index (χ0) is 31.5. The molecule has 0 saturated carbocycles. The summed E-state index contributed by atoms with van der Waals surface area (Å²) >= 11 is 0. The second-order valence-corrected chi connectivity index (χ2v) is 10.3. The molecule has 1 aliphatic heterocycles. The van der Waals surface area contributed by atoms with Crippen LogP contribution in [0.5, 0.6) is 0 Å². The van der Waals surface area contributed by atoms with Gasteiger partial charge in [-0.2, -0.15) is 26.3 Å². The minimum absolute atomic E-state index is 0.0396. The third-order valence-electron chi connectivity index (χ3n) is 7.07. The molecule has 0 spiro atoms. The van der Waals surface area contributed by atoms with Crippen LogP contribution in [0.25, 0.3) is 0 Å². The zero-order valence-corrected chi connectivity index (χ0v) is 23.3. The summed E-state index contributed by atoms with van der Waals surface area (Å²) in [4.78, 5) is 7.31. The number of aromatic nitrogens is 1. The molecule has 0 bridgehead atoms. The van der Waals surface area contributed by atoms with E-state index in [1.54, 1.807) is 24.5 Å². The van der Waals surface area contributed by atoms with Crippen LogP contribution in [0.1, 0.15) is 52.3 Å². The summed E-state index contributed by atoms with van der Waals surface area (Å²) in [7, 11) is 1.39. The Morgan fingerprint density at radius 1 is 1.07 bits per heavy atom. The fourth-order valence-electron chi connectivity index (χ4n) is 5.27. The first-order chi connectivity index (χ1) is 20.2. The van der Waals surface area contributed by atoms with Crippen molar-refractivity contribution in [1.82, 2.24) is 15.0 Å². The highest BCUT2D eigenvalue weighted by Gasteiger charge is 2.37. The molecule has 4 rings (SSSR count). The van der Waals surface area contributed by atoms with Crippen molar-refractivity contribution in [3.8, 4) is 12.3 Å². The van der Waals surface area contributed by atoms with E-state index in [1.165, 1.54) is 24.9 Å². The number of pyridine rings is 1. The average molecular weight is 607 g/mol. The van der Waals surface area contributed by atoms with E-state index in [4.69, 9.17) is 12.3 Å². The summed E-state index contributed by atoms with van der Waals surface area (Å²) in [5.74, 6) is 6.95. The predicted octanol–water partition coefficient (Wildman–Crippen LogP) is 6.66. The standard InChI is InChI=1S/C30H29F7N6/c1-4-28(40-41(3)38)43(18-21-13-22(29(32,33)34)15-23(31)14-21)26-6-5-11-42(17-20-7-9-39-10-8-20)27-16-25(30(35,36)37)19(2)12-24(26)27/h1,7-10,12-16,26H,5-6,11,17-18,38H2,2-3H3/b40-28+/t26-/m0/s1. The molecule has 1 atom stereocenters. The molecule has 228 valence electrons. The number of aryl methyl sites for hydroxylation is 1. The molecule has 2 N–H and O–H groups in total. The van der Waals surface area contributed by atoms with Crippen LogP contribution >= 0.6 is 0 Å². The van der Waals surface area contributed by atoms with Crippen molar-refractivity contribution in [3.63, 3.8) is 0 Å². The van der Waals surface area contributed by atoms with Gasteiger partial charge in [0, 0.05) is 44.8 Å². The van der Waals surface area contributed by atoms with E-state index >= 15 is 0 Å². The number of benzene rings is 2. The Kier molecular flexibility index (Phi) is 9.20. The molecule has 13 heteroatoms. The van der Waals surface area contributed by atoms with Gasteiger partial charge in [0.15, 0.2) is 0 Å². The van der Waals surface area contributed by atoms with Gasteiger partial charge in [0.05, 0.1) is 17.2 Å². The molecule has 0 fully saturated rings. The van der Waals surface area contributed by atoms with Crippen molar-refractivity contribution in [1.29, 1.82) is 0 Å². The molecule has 0 amide bonds. The van der Waals surface area contributed by atoms with Crippen LogP contribution in [0, 0.1) is 25.1 Å². The summed E-state index contributed by atoms with van der Waals surface area (Å²) < 4.78 is 97.2. The number of terminal acetylenes is 1. The van der Waals surface area contributed by atoms with Gasteiger partial charge in [0.25, 0.3) is 0 Å². The maximum Gasteiger partial charge on any atom is 0.416 e. The van der Waals surface area contributed by atoms with Gasteiger partial charge in [-0.1, -0.05) is 6.07 Å². The van der Waals surface area contributed by atoms with Gasteiger partial charge in [-0.3, -0.25) is 4.98 Å². The lowest BCUT2D eigenvalue weighted by Gasteiger charge is -2.35. The van der Waals surface area contributed by atoms with Gasteiger partial charge in [-0.25, -0.2) is 15.4 Å². The van der Waals surface area contributed by atoms with Crippen LogP contribution < -0.4 is 10.7 Å². The lowest BCUT2D eigenvalue weighted by atomic mass is 9.94. The topological polar surface area (TPSA) is 61.0 Å². The fraction of sp³-hybridized carbons (Fsp3) is 0.333. The van der Waals surface area contributed by atoms with E-state index < -0.39 is 35.3 Å². The van der Waals surface area contributed by atoms with Gasteiger partial charge in [0.2, 0.25) is 5.84 Å². The maximum atomic E-state index is 14.4. The second kappa shape index (κ2) is 12.5. The SMILES string of the molecule is C#C/C(=N\N(C)N)N(Cc1cc(F)cc(C(F)(F)F)c1)[C@H]1CCCN(Cc2ccncc2)c2cc(C(F)(F)F)c(C)cc21. The molecule has 1 aromatic heterocycles. The van der Waals surface area contributed by atoms with Crippen molar-refractivity contribution in [2.45, 2.75) is 51.2 Å². The monoisotopic (exact) mass is 606 g/mol. The van der Waals surface area contributed by atoms with Crippen molar-refractivity contribution < 1.29 is 30.7 Å². The quantitative estimate of drug-likeness (QED) is 0.0850. The molecule has 0 unspecified atom stereocenters. The maximum absolute atomic E-state index is 14.4. The first-order valence-electron chi connectivity index (χ1n) is 13.2. The Morgan fingerprint density at radius 3 is 2.37 bits per heavy atom. The predicted molar refractivity (Wildman–Crippen MR) is 149 cm³/mol. The van der Waals surface area contributed by atoms with Crippen LogP contribution in [0.15, 0.2) is 60.0 Å². The molecule has 0 aliphatic carbocycles. The molecule has 0 saturated heterocycles. The number of hydrazone groups is 1. The van der Waals surface area contributed by atoms with E-state index in [0.717, 1.165) is 28.9 Å². The number of halogens is 7. The van der Waals surface area contributed by atoms with Crippen LogP contribution in [0.3, 0.4) is 0 Å². The number of nitrogens with zero attached hydrogens (tertiary/aromatic N) is 5. The molecule has 6 nitrogen and oxygen atoms in total. The number of rotatable bonds is 6. The molecule has 1 aliphatic rings. The summed E-state index contributed by atoms with van der Waals surface area (Å²) in [5, 5.41) is 5.05. The first kappa shape index (κ1) is 31.6. The Morgan fingerprint density at radius 2 is 1.77 bits per heavy atom. The van der Waals surface area contributed by atoms with E-state index in [1.807, 2.05) is 4.90 Å². The summed E-state index contributed by atoms with van der Waals surface area (Å²) in [6.07, 6.45) is 0.344. The van der Waals surface area contributed by atoms with Crippen molar-refractivity contribution in [3.05, 3.63) is 94.1 Å². The third-order valence-corrected chi connectivity index (χ3v) is 7.07. The highest BCUT2D eigenvalue weighted by Crippen LogP contribution is 2.43. The Labute approximate surface area is 244 Å². The molecule has 43 heavy (non-hydrogen) atoms. The number of amidine groups is 1. The van der Waals surface area contributed by atoms with Crippen LogP contribution in [-0.2, 0) is 25.4 Å². The number of hydrogen-bond donors (Lipinski definition) is 1. The fourth-order valence-corrected chi connectivity index (χ4v) is 5.27. The molecule has 3 aromatic rings. The summed E-state index contributed by atoms with van der Waals surface area (Å²) in [6, 6.07) is 7.44. The number of anilines is 1. The van der Waals surface area contributed by atoms with Gasteiger partial charge in [0.1, 0.15) is 5.82 Å². The van der Waals surface area contributed by atoms with E-state index in [-0.39, 0.29) is 35.7 Å². The van der Waals surface area contributed by atoms with Crippen molar-refractivity contribution in [2.75, 3.05) is 18.5 Å². The van der Waals surface area contributed by atoms with Gasteiger partial charge < -0.3 is 9.80 Å². The smallest absolute Gasteiger partial charge is 0.367 e. The summed E-state index contributed by atoms with van der Waals surface area (Å²) in [6.45, 7) is 1.67. The van der Waals surface area contributed by atoms with Crippen molar-refractivity contribution >= 4 is 11.5 Å². The Hall–Kier alpha value is -4.31. The lowest BCUT2D eigenvalue weighted by Crippen LogP contribution is -2.36. The number of hydrazine groups is 1. The highest BCUT2D eigenvalue weighted by atomic mass is 19.4. The van der Waals surface area contributed by atoms with Gasteiger partial charge in [-0.05, 0) is 84.3 Å². The minimum Gasteiger partial charge on any atom is -0.367 e. The second-order valence-electron chi connectivity index (χ2n) is 10.3. The third kappa shape index (κ3) is 7.56. The van der Waals surface area contributed by atoms with Gasteiger partial charge >= 0.3 is 12.4 Å². The van der Waals surface area contributed by atoms with Crippen LogP contribution in [0.2, 0.25) is 0 Å². The van der Waals surface area contributed by atoms with Crippen molar-refractivity contribution in [2.24, 2.45) is 10.9 Å². The summed E-state index contributed by atoms with van der Waals surface area (Å²) in [5.41, 5.74) is -0.526. The number of alkyl halides is 6. The highest BCUT2D eigenvalue weighted by molar-refractivity contribution is 5.98. The lowest BCUT2D eigenvalue weighted by molar-refractivity contribution is -0.138. The zero-order valence-electron chi connectivity index (χ0n) is 23.3. The normalized spacial score (nSPS) is 15.9. The number of hydrogen-bond acceptors (Lipinski definition) is 5. The van der Waals surface area contributed by atoms with Gasteiger partial charge in [-0.15, -0.1) is 11.5 Å². The van der Waals surface area contributed by atoms with E-state index in [0.29, 0.717) is 31.0 Å².